The van der Waals surface area contributed by atoms with E-state index in [0.717, 1.165) is 5.56 Å². The quantitative estimate of drug-likeness (QED) is 0.749. The van der Waals surface area contributed by atoms with E-state index in [1.54, 1.807) is 31.3 Å². The molecule has 0 radical (unpaired) electrons. The number of nitrogens with zero attached hydrogens (tertiary/aromatic N) is 2. The average molecular weight is 231 g/mol. The molecule has 1 aromatic heterocycles. The van der Waals surface area contributed by atoms with Crippen molar-refractivity contribution in [3.8, 4) is 0 Å². The van der Waals surface area contributed by atoms with Crippen LogP contribution in [0.2, 0.25) is 0 Å². The molecule has 2 rings (SSSR count). The highest BCUT2D eigenvalue weighted by atomic mass is 16.2. The van der Waals surface area contributed by atoms with Gasteiger partial charge in [0, 0.05) is 25.0 Å². The minimum atomic E-state index is -0.325. The first kappa shape index (κ1) is 11.2. The molecule has 0 aliphatic carbocycles. The summed E-state index contributed by atoms with van der Waals surface area (Å²) in [7, 11) is 1.61. The van der Waals surface area contributed by atoms with Crippen LogP contribution in [0.4, 0.5) is 5.69 Å². The SMILES string of the molecule is Cn1ccc(=O)n(Cc2ccc(N)cc2)c1=O. The lowest BCUT2D eigenvalue weighted by atomic mass is 10.2. The van der Waals surface area contributed by atoms with E-state index in [4.69, 9.17) is 5.73 Å². The molecule has 0 aliphatic heterocycles. The van der Waals surface area contributed by atoms with E-state index >= 15 is 0 Å². The lowest BCUT2D eigenvalue weighted by Crippen LogP contribution is -2.38. The van der Waals surface area contributed by atoms with Gasteiger partial charge in [0.1, 0.15) is 0 Å². The molecule has 88 valence electrons. The normalized spacial score (nSPS) is 10.4. The van der Waals surface area contributed by atoms with Crippen LogP contribution in [0.15, 0.2) is 46.1 Å². The summed E-state index contributed by atoms with van der Waals surface area (Å²) in [6.07, 6.45) is 1.46. The Labute approximate surface area is 97.7 Å². The molecule has 0 aliphatic rings. The van der Waals surface area contributed by atoms with E-state index in [1.165, 1.54) is 21.4 Å². The van der Waals surface area contributed by atoms with Gasteiger partial charge in [0.25, 0.3) is 5.56 Å². The van der Waals surface area contributed by atoms with E-state index in [2.05, 4.69) is 0 Å². The third-order valence-electron chi connectivity index (χ3n) is 2.56. The van der Waals surface area contributed by atoms with Crippen molar-refractivity contribution in [2.24, 2.45) is 7.05 Å². The number of aromatic nitrogens is 2. The van der Waals surface area contributed by atoms with Gasteiger partial charge in [0.2, 0.25) is 0 Å². The van der Waals surface area contributed by atoms with E-state index in [0.29, 0.717) is 5.69 Å². The number of hydrogen-bond donors (Lipinski definition) is 1. The standard InChI is InChI=1S/C12H13N3O2/c1-14-7-6-11(16)15(12(14)17)8-9-2-4-10(13)5-3-9/h2-7H,8,13H2,1H3. The summed E-state index contributed by atoms with van der Waals surface area (Å²) in [6.45, 7) is 0.257. The first-order chi connectivity index (χ1) is 8.08. The molecule has 17 heavy (non-hydrogen) atoms. The van der Waals surface area contributed by atoms with Gasteiger partial charge in [-0.25, -0.2) is 4.79 Å². The average Bonchev–Trinajstić information content (AvgIpc) is 2.32. The third kappa shape index (κ3) is 2.28. The number of rotatable bonds is 2. The van der Waals surface area contributed by atoms with E-state index in [1.807, 2.05) is 0 Å². The number of benzene rings is 1. The highest BCUT2D eigenvalue weighted by Crippen LogP contribution is 2.05. The van der Waals surface area contributed by atoms with Crippen LogP contribution in [0.5, 0.6) is 0 Å². The van der Waals surface area contributed by atoms with Gasteiger partial charge in [-0.2, -0.15) is 0 Å². The number of aryl methyl sites for hydroxylation is 1. The monoisotopic (exact) mass is 231 g/mol. The minimum absolute atomic E-state index is 0.257. The maximum atomic E-state index is 11.8. The molecular formula is C12H13N3O2. The second-order valence-electron chi connectivity index (χ2n) is 3.88. The fourth-order valence-corrected chi connectivity index (χ4v) is 1.57. The molecule has 0 atom stereocenters. The number of nitrogen functional groups attached to an aromatic ring is 1. The fourth-order valence-electron chi connectivity index (χ4n) is 1.57. The van der Waals surface area contributed by atoms with Crippen molar-refractivity contribution in [3.05, 3.63) is 62.9 Å². The molecular weight excluding hydrogens is 218 g/mol. The molecule has 0 saturated carbocycles. The summed E-state index contributed by atoms with van der Waals surface area (Å²) in [4.78, 5) is 23.4. The fraction of sp³-hybridized carbons (Fsp3) is 0.167. The molecule has 5 nitrogen and oxygen atoms in total. The zero-order valence-electron chi connectivity index (χ0n) is 9.46. The van der Waals surface area contributed by atoms with Gasteiger partial charge in [0.05, 0.1) is 6.54 Å². The summed E-state index contributed by atoms with van der Waals surface area (Å²) >= 11 is 0. The molecule has 0 fully saturated rings. The van der Waals surface area contributed by atoms with Crippen LogP contribution in [-0.2, 0) is 13.6 Å². The largest absolute Gasteiger partial charge is 0.399 e. The molecule has 2 N–H and O–H groups in total. The highest BCUT2D eigenvalue weighted by molar-refractivity contribution is 5.39. The summed E-state index contributed by atoms with van der Waals surface area (Å²) in [5.41, 5.74) is 6.46. The van der Waals surface area contributed by atoms with Crippen LogP contribution in [0, 0.1) is 0 Å². The topological polar surface area (TPSA) is 70.0 Å². The molecule has 1 heterocycles. The van der Waals surface area contributed by atoms with E-state index < -0.39 is 0 Å². The Morgan fingerprint density at radius 3 is 2.41 bits per heavy atom. The molecule has 5 heteroatoms. The molecule has 0 unspecified atom stereocenters. The predicted molar refractivity (Wildman–Crippen MR) is 65.9 cm³/mol. The number of hydrogen-bond acceptors (Lipinski definition) is 3. The molecule has 0 amide bonds. The van der Waals surface area contributed by atoms with Crippen LogP contribution in [0.3, 0.4) is 0 Å². The third-order valence-corrected chi connectivity index (χ3v) is 2.56. The molecule has 0 saturated heterocycles. The Bertz CT molecular complexity index is 638. The van der Waals surface area contributed by atoms with Crippen molar-refractivity contribution < 1.29 is 0 Å². The van der Waals surface area contributed by atoms with Crippen LogP contribution >= 0.6 is 0 Å². The van der Waals surface area contributed by atoms with E-state index in [-0.39, 0.29) is 17.8 Å². The van der Waals surface area contributed by atoms with Gasteiger partial charge in [-0.1, -0.05) is 12.1 Å². The summed E-state index contributed by atoms with van der Waals surface area (Å²) < 4.78 is 2.56. The second kappa shape index (κ2) is 4.29. The van der Waals surface area contributed by atoms with Gasteiger partial charge in [0.15, 0.2) is 0 Å². The smallest absolute Gasteiger partial charge is 0.331 e. The summed E-state index contributed by atoms with van der Waals surface area (Å²) in [6, 6.07) is 8.46. The first-order valence-electron chi connectivity index (χ1n) is 5.19. The predicted octanol–water partition coefficient (Wildman–Crippen LogP) is 0.177. The summed E-state index contributed by atoms with van der Waals surface area (Å²) in [5.74, 6) is 0. The Balaban J connectivity index is 2.43. The maximum Gasteiger partial charge on any atom is 0.331 e. The van der Waals surface area contributed by atoms with Crippen molar-refractivity contribution in [2.45, 2.75) is 6.54 Å². The lowest BCUT2D eigenvalue weighted by molar-refractivity contribution is 0.639. The Kier molecular flexibility index (Phi) is 2.82. The minimum Gasteiger partial charge on any atom is -0.399 e. The molecule has 1 aromatic carbocycles. The molecule has 2 aromatic rings. The zero-order chi connectivity index (χ0) is 12.4. The van der Waals surface area contributed by atoms with Crippen molar-refractivity contribution >= 4 is 5.69 Å². The van der Waals surface area contributed by atoms with Crippen LogP contribution in [0.1, 0.15) is 5.56 Å². The molecule has 0 spiro atoms. The van der Waals surface area contributed by atoms with Gasteiger partial charge in [-0.3, -0.25) is 9.36 Å². The van der Waals surface area contributed by atoms with Crippen LogP contribution < -0.4 is 17.0 Å². The zero-order valence-corrected chi connectivity index (χ0v) is 9.46. The van der Waals surface area contributed by atoms with Gasteiger partial charge >= 0.3 is 5.69 Å². The van der Waals surface area contributed by atoms with Gasteiger partial charge < -0.3 is 10.3 Å². The first-order valence-corrected chi connectivity index (χ1v) is 5.19. The Morgan fingerprint density at radius 2 is 1.76 bits per heavy atom. The van der Waals surface area contributed by atoms with E-state index in [9.17, 15) is 9.59 Å². The number of nitrogens with two attached hydrogens (primary N) is 1. The van der Waals surface area contributed by atoms with Crippen molar-refractivity contribution in [3.63, 3.8) is 0 Å². The van der Waals surface area contributed by atoms with Crippen molar-refractivity contribution in [1.29, 1.82) is 0 Å². The lowest BCUT2D eigenvalue weighted by Gasteiger charge is -2.06. The van der Waals surface area contributed by atoms with Crippen LogP contribution in [-0.4, -0.2) is 9.13 Å². The second-order valence-corrected chi connectivity index (χ2v) is 3.88. The molecule has 0 bridgehead atoms. The number of anilines is 1. The van der Waals surface area contributed by atoms with Crippen molar-refractivity contribution in [2.75, 3.05) is 5.73 Å². The van der Waals surface area contributed by atoms with Crippen molar-refractivity contribution in [1.82, 2.24) is 9.13 Å². The highest BCUT2D eigenvalue weighted by Gasteiger charge is 2.03. The maximum absolute atomic E-state index is 11.8. The van der Waals surface area contributed by atoms with Gasteiger partial charge in [-0.05, 0) is 17.7 Å². The van der Waals surface area contributed by atoms with Gasteiger partial charge in [-0.15, -0.1) is 0 Å². The van der Waals surface area contributed by atoms with Crippen LogP contribution in [0.25, 0.3) is 0 Å². The summed E-state index contributed by atoms with van der Waals surface area (Å²) in [5, 5.41) is 0. The Hall–Kier alpha value is -2.30. The Morgan fingerprint density at radius 1 is 1.12 bits per heavy atom.